The molecule has 1 N–H and O–H groups in total. The molecule has 82 valence electrons. The van der Waals surface area contributed by atoms with E-state index in [9.17, 15) is 0 Å². The number of nitrogens with one attached hydrogen (secondary N) is 1. The van der Waals surface area contributed by atoms with E-state index in [-0.39, 0.29) is 0 Å². The molecule has 2 aromatic rings. The lowest BCUT2D eigenvalue weighted by molar-refractivity contribution is 1.08. The van der Waals surface area contributed by atoms with Crippen LogP contribution < -0.4 is 5.32 Å². The van der Waals surface area contributed by atoms with E-state index in [4.69, 9.17) is 0 Å². The Bertz CT molecular complexity index is 466. The number of anilines is 1. The first kappa shape index (κ1) is 11.1. The molecule has 0 aliphatic carbocycles. The largest absolute Gasteiger partial charge is 0.381 e. The highest BCUT2D eigenvalue weighted by Gasteiger charge is 1.97. The molecule has 2 nitrogen and oxygen atoms in total. The second kappa shape index (κ2) is 5.12. The van der Waals surface area contributed by atoms with Crippen molar-refractivity contribution < 1.29 is 0 Å². The maximum absolute atomic E-state index is 4.12. The molecule has 1 heterocycles. The number of nitrogens with zero attached hydrogens (tertiary/aromatic N) is 1. The van der Waals surface area contributed by atoms with Gasteiger partial charge in [-0.2, -0.15) is 0 Å². The van der Waals surface area contributed by atoms with Gasteiger partial charge in [0.2, 0.25) is 0 Å². The topological polar surface area (TPSA) is 24.9 Å². The SMILES string of the molecule is Cc1ccncc1CNc1ccc(Br)cc1. The predicted octanol–water partition coefficient (Wildman–Crippen LogP) is 3.76. The number of aromatic nitrogens is 1. The molecule has 0 aliphatic rings. The van der Waals surface area contributed by atoms with E-state index >= 15 is 0 Å². The first-order valence-corrected chi connectivity index (χ1v) is 5.94. The van der Waals surface area contributed by atoms with Gasteiger partial charge in [-0.15, -0.1) is 0 Å². The van der Waals surface area contributed by atoms with Gasteiger partial charge in [-0.25, -0.2) is 0 Å². The summed E-state index contributed by atoms with van der Waals surface area (Å²) in [7, 11) is 0. The van der Waals surface area contributed by atoms with E-state index in [2.05, 4.69) is 45.3 Å². The van der Waals surface area contributed by atoms with Crippen molar-refractivity contribution in [3.05, 3.63) is 58.3 Å². The number of hydrogen-bond acceptors (Lipinski definition) is 2. The summed E-state index contributed by atoms with van der Waals surface area (Å²) in [4.78, 5) is 4.12. The van der Waals surface area contributed by atoms with Crippen LogP contribution in [0.1, 0.15) is 11.1 Å². The minimum absolute atomic E-state index is 0.807. The predicted molar refractivity (Wildman–Crippen MR) is 70.4 cm³/mol. The quantitative estimate of drug-likeness (QED) is 0.923. The van der Waals surface area contributed by atoms with E-state index in [0.717, 1.165) is 16.7 Å². The van der Waals surface area contributed by atoms with Crippen molar-refractivity contribution in [1.82, 2.24) is 4.98 Å². The zero-order valence-corrected chi connectivity index (χ0v) is 10.7. The van der Waals surface area contributed by atoms with Crippen molar-refractivity contribution in [3.63, 3.8) is 0 Å². The lowest BCUT2D eigenvalue weighted by Gasteiger charge is -2.08. The average Bonchev–Trinajstić information content (AvgIpc) is 2.30. The van der Waals surface area contributed by atoms with Gasteiger partial charge in [0, 0.05) is 29.1 Å². The Morgan fingerprint density at radius 3 is 2.62 bits per heavy atom. The first-order chi connectivity index (χ1) is 7.75. The van der Waals surface area contributed by atoms with Gasteiger partial charge in [0.25, 0.3) is 0 Å². The number of aryl methyl sites for hydroxylation is 1. The minimum atomic E-state index is 0.807. The standard InChI is InChI=1S/C13H13BrN2/c1-10-6-7-15-8-11(10)9-16-13-4-2-12(14)3-5-13/h2-8,16H,9H2,1H3. The van der Waals surface area contributed by atoms with Crippen LogP contribution in [0.2, 0.25) is 0 Å². The number of benzene rings is 1. The number of halogens is 1. The highest BCUT2D eigenvalue weighted by Crippen LogP contribution is 2.15. The molecule has 1 aromatic heterocycles. The van der Waals surface area contributed by atoms with Crippen LogP contribution in [-0.4, -0.2) is 4.98 Å². The van der Waals surface area contributed by atoms with Gasteiger partial charge in [0.15, 0.2) is 0 Å². The zero-order valence-electron chi connectivity index (χ0n) is 9.07. The smallest absolute Gasteiger partial charge is 0.0418 e. The van der Waals surface area contributed by atoms with E-state index in [1.165, 1.54) is 11.1 Å². The van der Waals surface area contributed by atoms with Crippen molar-refractivity contribution >= 4 is 21.6 Å². The molecule has 0 bridgehead atoms. The van der Waals surface area contributed by atoms with E-state index < -0.39 is 0 Å². The number of rotatable bonds is 3. The van der Waals surface area contributed by atoms with Gasteiger partial charge in [0.05, 0.1) is 0 Å². The second-order valence-electron chi connectivity index (χ2n) is 3.66. The van der Waals surface area contributed by atoms with Crippen molar-refractivity contribution in [3.8, 4) is 0 Å². The molecule has 2 rings (SSSR count). The Hall–Kier alpha value is -1.35. The van der Waals surface area contributed by atoms with Gasteiger partial charge in [-0.1, -0.05) is 15.9 Å². The van der Waals surface area contributed by atoms with Gasteiger partial charge >= 0.3 is 0 Å². The van der Waals surface area contributed by atoms with Crippen molar-refractivity contribution in [2.75, 3.05) is 5.32 Å². The second-order valence-corrected chi connectivity index (χ2v) is 4.58. The Labute approximate surface area is 104 Å². The van der Waals surface area contributed by atoms with Crippen LogP contribution in [0.15, 0.2) is 47.2 Å². The van der Waals surface area contributed by atoms with Crippen LogP contribution in [0.25, 0.3) is 0 Å². The third-order valence-corrected chi connectivity index (χ3v) is 3.00. The lowest BCUT2D eigenvalue weighted by atomic mass is 10.1. The van der Waals surface area contributed by atoms with Crippen molar-refractivity contribution in [2.45, 2.75) is 13.5 Å². The molecule has 0 unspecified atom stereocenters. The molecule has 0 radical (unpaired) electrons. The molecular formula is C13H13BrN2. The molecule has 16 heavy (non-hydrogen) atoms. The molecule has 0 spiro atoms. The van der Waals surface area contributed by atoms with Crippen LogP contribution in [0.4, 0.5) is 5.69 Å². The monoisotopic (exact) mass is 276 g/mol. The number of hydrogen-bond donors (Lipinski definition) is 1. The highest BCUT2D eigenvalue weighted by atomic mass is 79.9. The van der Waals surface area contributed by atoms with Crippen LogP contribution in [0, 0.1) is 6.92 Å². The van der Waals surface area contributed by atoms with Crippen LogP contribution in [-0.2, 0) is 6.54 Å². The Balaban J connectivity index is 2.02. The summed E-state index contributed by atoms with van der Waals surface area (Å²) in [5, 5.41) is 3.37. The summed E-state index contributed by atoms with van der Waals surface area (Å²) in [5.74, 6) is 0. The van der Waals surface area contributed by atoms with Crippen molar-refractivity contribution in [2.24, 2.45) is 0 Å². The third kappa shape index (κ3) is 2.83. The molecule has 0 amide bonds. The Kier molecular flexibility index (Phi) is 3.57. The fourth-order valence-electron chi connectivity index (χ4n) is 1.45. The Morgan fingerprint density at radius 2 is 1.94 bits per heavy atom. The lowest BCUT2D eigenvalue weighted by Crippen LogP contribution is -2.01. The molecule has 0 atom stereocenters. The number of pyridine rings is 1. The van der Waals surface area contributed by atoms with E-state index in [0.29, 0.717) is 0 Å². The first-order valence-electron chi connectivity index (χ1n) is 5.14. The molecule has 1 aromatic carbocycles. The van der Waals surface area contributed by atoms with Gasteiger partial charge in [-0.05, 0) is 48.4 Å². The maximum Gasteiger partial charge on any atom is 0.0418 e. The third-order valence-electron chi connectivity index (χ3n) is 2.47. The van der Waals surface area contributed by atoms with Gasteiger partial charge < -0.3 is 5.32 Å². The summed E-state index contributed by atoms with van der Waals surface area (Å²) >= 11 is 3.42. The molecule has 3 heteroatoms. The highest BCUT2D eigenvalue weighted by molar-refractivity contribution is 9.10. The normalized spacial score (nSPS) is 10.1. The molecule has 0 saturated heterocycles. The van der Waals surface area contributed by atoms with Gasteiger partial charge in [-0.3, -0.25) is 4.98 Å². The molecule has 0 fully saturated rings. The summed E-state index contributed by atoms with van der Waals surface area (Å²) in [6, 6.07) is 10.2. The fraction of sp³-hybridized carbons (Fsp3) is 0.154. The van der Waals surface area contributed by atoms with Gasteiger partial charge in [0.1, 0.15) is 0 Å². The summed E-state index contributed by atoms with van der Waals surface area (Å²) in [6.07, 6.45) is 3.72. The van der Waals surface area contributed by atoms with Crippen LogP contribution in [0.5, 0.6) is 0 Å². The average molecular weight is 277 g/mol. The molecular weight excluding hydrogens is 264 g/mol. The van der Waals surface area contributed by atoms with E-state index in [1.807, 2.05) is 30.6 Å². The van der Waals surface area contributed by atoms with E-state index in [1.54, 1.807) is 0 Å². The van der Waals surface area contributed by atoms with Crippen LogP contribution >= 0.6 is 15.9 Å². The molecule has 0 saturated carbocycles. The summed E-state index contributed by atoms with van der Waals surface area (Å²) in [5.41, 5.74) is 3.61. The summed E-state index contributed by atoms with van der Waals surface area (Å²) in [6.45, 7) is 2.90. The maximum atomic E-state index is 4.12. The minimum Gasteiger partial charge on any atom is -0.381 e. The Morgan fingerprint density at radius 1 is 1.19 bits per heavy atom. The fourth-order valence-corrected chi connectivity index (χ4v) is 1.71. The van der Waals surface area contributed by atoms with Crippen molar-refractivity contribution in [1.29, 1.82) is 0 Å². The van der Waals surface area contributed by atoms with Crippen LogP contribution in [0.3, 0.4) is 0 Å². The molecule has 0 aliphatic heterocycles. The summed E-state index contributed by atoms with van der Waals surface area (Å²) < 4.78 is 1.09. The zero-order chi connectivity index (χ0) is 11.4.